The molecule has 1 aromatic carbocycles. The molecular weight excluding hydrogens is 218 g/mol. The quantitative estimate of drug-likeness (QED) is 0.843. The van der Waals surface area contributed by atoms with Crippen molar-refractivity contribution in [1.29, 1.82) is 0 Å². The number of nitrogens with one attached hydrogen (secondary N) is 1. The lowest BCUT2D eigenvalue weighted by Crippen LogP contribution is -2.50. The molecule has 1 fully saturated rings. The molecule has 1 amide bonds. The topological polar surface area (TPSA) is 58.6 Å². The van der Waals surface area contributed by atoms with E-state index in [1.54, 1.807) is 24.3 Å². The van der Waals surface area contributed by atoms with Gasteiger partial charge >= 0.3 is 6.09 Å². The third-order valence-electron chi connectivity index (χ3n) is 3.18. The van der Waals surface area contributed by atoms with E-state index in [9.17, 15) is 9.90 Å². The van der Waals surface area contributed by atoms with E-state index < -0.39 is 11.6 Å². The second-order valence-corrected chi connectivity index (χ2v) is 4.47. The van der Waals surface area contributed by atoms with Crippen LogP contribution in [0, 0.1) is 0 Å². The average molecular weight is 235 g/mol. The number of benzene rings is 1. The smallest absolute Gasteiger partial charge is 0.410 e. The highest BCUT2D eigenvalue weighted by Gasteiger charge is 2.35. The van der Waals surface area contributed by atoms with Crippen LogP contribution in [0.2, 0.25) is 0 Å². The van der Waals surface area contributed by atoms with Crippen molar-refractivity contribution in [3.63, 3.8) is 0 Å². The van der Waals surface area contributed by atoms with E-state index in [-0.39, 0.29) is 6.61 Å². The zero-order chi connectivity index (χ0) is 12.1. The summed E-state index contributed by atoms with van der Waals surface area (Å²) in [5.74, 6) is 0.510. The zero-order valence-corrected chi connectivity index (χ0v) is 9.69. The number of amides is 1. The molecule has 0 atom stereocenters. The first-order valence-electron chi connectivity index (χ1n) is 5.90. The van der Waals surface area contributed by atoms with Crippen LogP contribution in [0.3, 0.4) is 0 Å². The molecule has 2 N–H and O–H groups in total. The van der Waals surface area contributed by atoms with Crippen LogP contribution in [0.15, 0.2) is 30.3 Å². The number of aliphatic hydroxyl groups excluding tert-OH is 1. The van der Waals surface area contributed by atoms with Gasteiger partial charge in [-0.1, -0.05) is 31.0 Å². The second kappa shape index (κ2) is 5.19. The van der Waals surface area contributed by atoms with Gasteiger partial charge in [0.1, 0.15) is 5.75 Å². The van der Waals surface area contributed by atoms with Gasteiger partial charge < -0.3 is 15.2 Å². The highest BCUT2D eigenvalue weighted by atomic mass is 16.6. The van der Waals surface area contributed by atoms with E-state index in [1.807, 2.05) is 6.07 Å². The number of carbonyl (C=O) groups excluding carboxylic acids is 1. The number of hydrogen-bond donors (Lipinski definition) is 2. The monoisotopic (exact) mass is 235 g/mol. The van der Waals surface area contributed by atoms with Crippen molar-refractivity contribution in [2.24, 2.45) is 0 Å². The van der Waals surface area contributed by atoms with Crippen molar-refractivity contribution in [3.8, 4) is 5.75 Å². The van der Waals surface area contributed by atoms with E-state index in [4.69, 9.17) is 4.74 Å². The number of hydrogen-bond acceptors (Lipinski definition) is 3. The number of ether oxygens (including phenoxy) is 1. The molecule has 4 heteroatoms. The fraction of sp³-hybridized carbons (Fsp3) is 0.462. The molecule has 0 unspecified atom stereocenters. The first-order chi connectivity index (χ1) is 8.24. The molecule has 0 radical (unpaired) electrons. The summed E-state index contributed by atoms with van der Waals surface area (Å²) in [5.41, 5.74) is -0.480. The van der Waals surface area contributed by atoms with Gasteiger partial charge in [-0.15, -0.1) is 0 Å². The number of rotatable bonds is 3. The van der Waals surface area contributed by atoms with Crippen LogP contribution in [0.1, 0.15) is 25.7 Å². The number of para-hydroxylation sites is 1. The third kappa shape index (κ3) is 2.97. The van der Waals surface area contributed by atoms with Crippen LogP contribution in [0.4, 0.5) is 4.79 Å². The van der Waals surface area contributed by atoms with Crippen LogP contribution in [0.5, 0.6) is 5.75 Å². The van der Waals surface area contributed by atoms with E-state index in [0.717, 1.165) is 25.7 Å². The predicted octanol–water partition coefficient (Wildman–Crippen LogP) is 2.08. The molecule has 1 aliphatic rings. The van der Waals surface area contributed by atoms with Crippen molar-refractivity contribution < 1.29 is 14.6 Å². The minimum absolute atomic E-state index is 0.0309. The Morgan fingerprint density at radius 2 is 1.94 bits per heavy atom. The molecule has 1 aliphatic carbocycles. The minimum atomic E-state index is -0.493. The molecule has 0 spiro atoms. The third-order valence-corrected chi connectivity index (χ3v) is 3.18. The Hall–Kier alpha value is -1.55. The largest absolute Gasteiger partial charge is 0.413 e. The summed E-state index contributed by atoms with van der Waals surface area (Å²) in [7, 11) is 0. The van der Waals surface area contributed by atoms with E-state index in [1.165, 1.54) is 0 Å². The summed E-state index contributed by atoms with van der Waals surface area (Å²) in [6.07, 6.45) is 3.20. The van der Waals surface area contributed by atoms with Crippen molar-refractivity contribution in [1.82, 2.24) is 5.32 Å². The van der Waals surface area contributed by atoms with E-state index in [2.05, 4.69) is 5.32 Å². The summed E-state index contributed by atoms with van der Waals surface area (Å²) >= 11 is 0. The molecule has 4 nitrogen and oxygen atoms in total. The minimum Gasteiger partial charge on any atom is -0.410 e. The van der Waals surface area contributed by atoms with Crippen molar-refractivity contribution in [2.75, 3.05) is 6.61 Å². The predicted molar refractivity (Wildman–Crippen MR) is 63.9 cm³/mol. The Labute approximate surface area is 101 Å². The lowest BCUT2D eigenvalue weighted by molar-refractivity contribution is 0.144. The Balaban J connectivity index is 1.93. The van der Waals surface area contributed by atoms with Crippen LogP contribution in [0.25, 0.3) is 0 Å². The molecule has 0 bridgehead atoms. The van der Waals surface area contributed by atoms with Gasteiger partial charge in [0.25, 0.3) is 0 Å². The fourth-order valence-corrected chi connectivity index (χ4v) is 2.21. The van der Waals surface area contributed by atoms with Gasteiger partial charge in [-0.3, -0.25) is 0 Å². The van der Waals surface area contributed by atoms with Crippen LogP contribution < -0.4 is 10.1 Å². The summed E-state index contributed by atoms with van der Waals surface area (Å²) < 4.78 is 5.14. The lowest BCUT2D eigenvalue weighted by atomic mass is 9.99. The molecule has 1 aromatic rings. The Kier molecular flexibility index (Phi) is 3.64. The molecule has 2 rings (SSSR count). The Morgan fingerprint density at radius 3 is 2.53 bits per heavy atom. The number of carbonyl (C=O) groups is 1. The van der Waals surface area contributed by atoms with Crippen LogP contribution in [-0.4, -0.2) is 23.3 Å². The molecule has 17 heavy (non-hydrogen) atoms. The highest BCUT2D eigenvalue weighted by Crippen LogP contribution is 2.29. The Bertz CT molecular complexity index is 372. The van der Waals surface area contributed by atoms with Gasteiger partial charge in [0, 0.05) is 0 Å². The first-order valence-corrected chi connectivity index (χ1v) is 5.90. The second-order valence-electron chi connectivity index (χ2n) is 4.47. The molecule has 1 saturated carbocycles. The molecule has 0 aromatic heterocycles. The number of aliphatic hydroxyl groups is 1. The summed E-state index contributed by atoms with van der Waals surface area (Å²) in [5, 5.41) is 12.1. The maximum atomic E-state index is 11.7. The molecule has 92 valence electrons. The van der Waals surface area contributed by atoms with Crippen molar-refractivity contribution in [2.45, 2.75) is 31.2 Å². The maximum absolute atomic E-state index is 11.7. The van der Waals surface area contributed by atoms with Crippen molar-refractivity contribution in [3.05, 3.63) is 30.3 Å². The lowest BCUT2D eigenvalue weighted by Gasteiger charge is -2.27. The van der Waals surface area contributed by atoms with E-state index in [0.29, 0.717) is 5.75 Å². The van der Waals surface area contributed by atoms with Crippen molar-refractivity contribution >= 4 is 6.09 Å². The Morgan fingerprint density at radius 1 is 1.29 bits per heavy atom. The van der Waals surface area contributed by atoms with Crippen LogP contribution in [-0.2, 0) is 0 Å². The zero-order valence-electron chi connectivity index (χ0n) is 9.69. The highest BCUT2D eigenvalue weighted by molar-refractivity contribution is 5.71. The molecule has 0 heterocycles. The summed E-state index contributed by atoms with van der Waals surface area (Å²) in [6.45, 7) is -0.0309. The van der Waals surface area contributed by atoms with Gasteiger partial charge in [-0.2, -0.15) is 0 Å². The van der Waals surface area contributed by atoms with Gasteiger partial charge in [0.2, 0.25) is 0 Å². The van der Waals surface area contributed by atoms with Gasteiger partial charge in [0.15, 0.2) is 0 Å². The van der Waals surface area contributed by atoms with Gasteiger partial charge in [0.05, 0.1) is 12.1 Å². The average Bonchev–Trinajstić information content (AvgIpc) is 2.79. The first kappa shape index (κ1) is 11.9. The maximum Gasteiger partial charge on any atom is 0.413 e. The van der Waals surface area contributed by atoms with Crippen LogP contribution >= 0.6 is 0 Å². The van der Waals surface area contributed by atoms with Gasteiger partial charge in [-0.05, 0) is 25.0 Å². The summed E-state index contributed by atoms with van der Waals surface area (Å²) in [6, 6.07) is 8.91. The molecular formula is C13H17NO3. The van der Waals surface area contributed by atoms with Gasteiger partial charge in [-0.25, -0.2) is 4.79 Å². The standard InChI is InChI=1S/C13H17NO3/c15-10-13(8-4-5-9-13)14-12(16)17-11-6-2-1-3-7-11/h1-3,6-7,15H,4-5,8-10H2,(H,14,16). The normalized spacial score (nSPS) is 17.7. The fourth-order valence-electron chi connectivity index (χ4n) is 2.21. The SMILES string of the molecule is O=C(NC1(CO)CCCC1)Oc1ccccc1. The molecule has 0 aliphatic heterocycles. The summed E-state index contributed by atoms with van der Waals surface area (Å²) in [4.78, 5) is 11.7. The molecule has 0 saturated heterocycles. The van der Waals surface area contributed by atoms with E-state index >= 15 is 0 Å².